The van der Waals surface area contributed by atoms with Gasteiger partial charge in [0.25, 0.3) is 0 Å². The quantitative estimate of drug-likeness (QED) is 0.912. The average Bonchev–Trinajstić information content (AvgIpc) is 2.25. The van der Waals surface area contributed by atoms with Gasteiger partial charge in [-0.3, -0.25) is 0 Å². The van der Waals surface area contributed by atoms with Crippen molar-refractivity contribution >= 4 is 17.4 Å². The molecule has 1 aromatic rings. The van der Waals surface area contributed by atoms with Crippen LogP contribution in [-0.2, 0) is 6.54 Å². The van der Waals surface area contributed by atoms with E-state index in [9.17, 15) is 13.2 Å². The molecule has 0 bridgehead atoms. The summed E-state index contributed by atoms with van der Waals surface area (Å²) in [7, 11) is 1.54. The van der Waals surface area contributed by atoms with E-state index >= 15 is 0 Å². The summed E-state index contributed by atoms with van der Waals surface area (Å²) in [5.41, 5.74) is 6.11. The van der Waals surface area contributed by atoms with E-state index in [0.717, 1.165) is 0 Å². The maximum absolute atomic E-state index is 12.1. The lowest BCUT2D eigenvalue weighted by molar-refractivity contribution is -0.132. The van der Waals surface area contributed by atoms with Gasteiger partial charge in [0, 0.05) is 26.3 Å². The number of nitrogens with zero attached hydrogens (tertiary/aromatic N) is 2. The van der Waals surface area contributed by atoms with Crippen LogP contribution in [0.3, 0.4) is 0 Å². The standard InChI is InChI=1S/C10H13ClF3N3/c1-17(3-2-10(12,13)14)9-4-7(5-15)8(11)6-16-9/h4,6H,2-3,5,15H2,1H3. The normalized spacial score (nSPS) is 11.6. The van der Waals surface area contributed by atoms with E-state index in [0.29, 0.717) is 16.4 Å². The monoisotopic (exact) mass is 267 g/mol. The zero-order chi connectivity index (χ0) is 13.1. The number of anilines is 1. The number of aromatic nitrogens is 1. The maximum atomic E-state index is 12.1. The SMILES string of the molecule is CN(CCC(F)(F)F)c1cc(CN)c(Cl)cn1. The predicted octanol–water partition coefficient (Wildman–Crippen LogP) is 2.58. The van der Waals surface area contributed by atoms with Crippen LogP contribution in [0.25, 0.3) is 0 Å². The smallest absolute Gasteiger partial charge is 0.359 e. The van der Waals surface area contributed by atoms with Gasteiger partial charge in [-0.2, -0.15) is 13.2 Å². The molecular weight excluding hydrogens is 255 g/mol. The molecule has 0 fully saturated rings. The minimum atomic E-state index is -4.17. The van der Waals surface area contributed by atoms with Crippen LogP contribution in [0.4, 0.5) is 19.0 Å². The van der Waals surface area contributed by atoms with Crippen LogP contribution in [0.1, 0.15) is 12.0 Å². The zero-order valence-corrected chi connectivity index (χ0v) is 10.0. The molecule has 0 saturated carbocycles. The molecular formula is C10H13ClF3N3. The van der Waals surface area contributed by atoms with E-state index in [2.05, 4.69) is 4.98 Å². The van der Waals surface area contributed by atoms with Gasteiger partial charge in [0.05, 0.1) is 11.4 Å². The number of nitrogens with two attached hydrogens (primary N) is 1. The van der Waals surface area contributed by atoms with E-state index in [-0.39, 0.29) is 13.1 Å². The Kier molecular flexibility index (Phi) is 4.59. The van der Waals surface area contributed by atoms with Crippen LogP contribution >= 0.6 is 11.6 Å². The average molecular weight is 268 g/mol. The van der Waals surface area contributed by atoms with E-state index in [1.807, 2.05) is 0 Å². The summed E-state index contributed by atoms with van der Waals surface area (Å²) in [5.74, 6) is 0.430. The molecule has 0 aliphatic heterocycles. The van der Waals surface area contributed by atoms with Gasteiger partial charge in [0.1, 0.15) is 5.82 Å². The van der Waals surface area contributed by atoms with Gasteiger partial charge in [0.2, 0.25) is 0 Å². The summed E-state index contributed by atoms with van der Waals surface area (Å²) < 4.78 is 36.2. The first-order valence-corrected chi connectivity index (χ1v) is 5.33. The van der Waals surface area contributed by atoms with Crippen molar-refractivity contribution in [2.45, 2.75) is 19.1 Å². The highest BCUT2D eigenvalue weighted by Gasteiger charge is 2.27. The van der Waals surface area contributed by atoms with Gasteiger partial charge in [-0.15, -0.1) is 0 Å². The molecule has 2 N–H and O–H groups in total. The fraction of sp³-hybridized carbons (Fsp3) is 0.500. The molecule has 7 heteroatoms. The summed E-state index contributed by atoms with van der Waals surface area (Å²) in [6.45, 7) is 0.0730. The molecule has 0 amide bonds. The van der Waals surface area contributed by atoms with Crippen LogP contribution in [0, 0.1) is 0 Å². The lowest BCUT2D eigenvalue weighted by Gasteiger charge is -2.19. The Bertz CT molecular complexity index is 382. The fourth-order valence-electron chi connectivity index (χ4n) is 1.24. The van der Waals surface area contributed by atoms with Crippen molar-refractivity contribution in [2.24, 2.45) is 5.73 Å². The molecule has 1 rings (SSSR count). The highest BCUT2D eigenvalue weighted by atomic mass is 35.5. The lowest BCUT2D eigenvalue weighted by Crippen LogP contribution is -2.25. The van der Waals surface area contributed by atoms with Crippen LogP contribution in [0.5, 0.6) is 0 Å². The number of rotatable bonds is 4. The molecule has 1 aromatic heterocycles. The second-order valence-electron chi connectivity index (χ2n) is 3.62. The van der Waals surface area contributed by atoms with Gasteiger partial charge in [-0.1, -0.05) is 11.6 Å². The minimum Gasteiger partial charge on any atom is -0.359 e. The van der Waals surface area contributed by atoms with E-state index < -0.39 is 12.6 Å². The molecule has 0 atom stereocenters. The Hall–Kier alpha value is -1.01. The third-order valence-corrected chi connectivity index (χ3v) is 2.60. The van der Waals surface area contributed by atoms with Crippen molar-refractivity contribution in [1.82, 2.24) is 4.98 Å². The number of hydrogen-bond donors (Lipinski definition) is 1. The van der Waals surface area contributed by atoms with Crippen molar-refractivity contribution in [3.63, 3.8) is 0 Å². The van der Waals surface area contributed by atoms with Crippen LogP contribution < -0.4 is 10.6 Å². The summed E-state index contributed by atoms with van der Waals surface area (Å²) in [4.78, 5) is 5.38. The minimum absolute atomic E-state index is 0.151. The van der Waals surface area contributed by atoms with Gasteiger partial charge in [-0.25, -0.2) is 4.98 Å². The summed E-state index contributed by atoms with van der Waals surface area (Å²) in [6, 6.07) is 1.60. The van der Waals surface area contributed by atoms with Crippen LogP contribution in [0.2, 0.25) is 5.02 Å². The molecule has 0 saturated heterocycles. The van der Waals surface area contributed by atoms with E-state index in [1.54, 1.807) is 13.1 Å². The van der Waals surface area contributed by atoms with E-state index in [4.69, 9.17) is 17.3 Å². The third-order valence-electron chi connectivity index (χ3n) is 2.26. The molecule has 0 radical (unpaired) electrons. The fourth-order valence-corrected chi connectivity index (χ4v) is 1.42. The molecule has 17 heavy (non-hydrogen) atoms. The van der Waals surface area contributed by atoms with Crippen molar-refractivity contribution in [1.29, 1.82) is 0 Å². The molecule has 0 spiro atoms. The Morgan fingerprint density at radius 3 is 2.65 bits per heavy atom. The molecule has 0 unspecified atom stereocenters. The summed E-state index contributed by atoms with van der Waals surface area (Å²) in [6.07, 6.45) is -3.66. The molecule has 0 aliphatic carbocycles. The van der Waals surface area contributed by atoms with Crippen LogP contribution in [-0.4, -0.2) is 24.8 Å². The van der Waals surface area contributed by atoms with Gasteiger partial charge in [-0.05, 0) is 11.6 Å². The topological polar surface area (TPSA) is 42.1 Å². The zero-order valence-electron chi connectivity index (χ0n) is 9.26. The van der Waals surface area contributed by atoms with Gasteiger partial charge < -0.3 is 10.6 Å². The lowest BCUT2D eigenvalue weighted by atomic mass is 10.2. The van der Waals surface area contributed by atoms with Crippen molar-refractivity contribution in [3.8, 4) is 0 Å². The Balaban J connectivity index is 2.72. The first-order valence-electron chi connectivity index (χ1n) is 4.96. The molecule has 96 valence electrons. The first-order chi connectivity index (χ1) is 7.83. The second-order valence-corrected chi connectivity index (χ2v) is 4.03. The van der Waals surface area contributed by atoms with Gasteiger partial charge >= 0.3 is 6.18 Å². The number of alkyl halides is 3. The number of hydrogen-bond acceptors (Lipinski definition) is 3. The summed E-state index contributed by atoms with van der Waals surface area (Å²) >= 11 is 5.81. The Labute approximate surface area is 102 Å². The van der Waals surface area contributed by atoms with Gasteiger partial charge in [0.15, 0.2) is 0 Å². The highest BCUT2D eigenvalue weighted by Crippen LogP contribution is 2.23. The largest absolute Gasteiger partial charge is 0.390 e. The molecule has 1 heterocycles. The van der Waals surface area contributed by atoms with Crippen molar-refractivity contribution in [3.05, 3.63) is 22.8 Å². The van der Waals surface area contributed by atoms with Crippen LogP contribution in [0.15, 0.2) is 12.3 Å². The molecule has 3 nitrogen and oxygen atoms in total. The Morgan fingerprint density at radius 2 is 2.12 bits per heavy atom. The third kappa shape index (κ3) is 4.40. The summed E-state index contributed by atoms with van der Waals surface area (Å²) in [5, 5.41) is 0.417. The van der Waals surface area contributed by atoms with Crippen molar-refractivity contribution in [2.75, 3.05) is 18.5 Å². The number of pyridine rings is 1. The van der Waals surface area contributed by atoms with Crippen molar-refractivity contribution < 1.29 is 13.2 Å². The highest BCUT2D eigenvalue weighted by molar-refractivity contribution is 6.31. The predicted molar refractivity (Wildman–Crippen MR) is 61.1 cm³/mol. The second kappa shape index (κ2) is 5.55. The number of halogens is 4. The first kappa shape index (κ1) is 14.1. The Morgan fingerprint density at radius 1 is 1.47 bits per heavy atom. The molecule has 0 aromatic carbocycles. The van der Waals surface area contributed by atoms with E-state index in [1.165, 1.54) is 11.1 Å². The molecule has 0 aliphatic rings. The maximum Gasteiger partial charge on any atom is 0.390 e.